The van der Waals surface area contributed by atoms with E-state index in [2.05, 4.69) is 57.5 Å². The van der Waals surface area contributed by atoms with Gasteiger partial charge in [0, 0.05) is 35.1 Å². The first-order valence-corrected chi connectivity index (χ1v) is 11.1. The highest BCUT2D eigenvalue weighted by atomic mass is 32.2. The van der Waals surface area contributed by atoms with Crippen molar-refractivity contribution in [2.75, 3.05) is 22.5 Å². The summed E-state index contributed by atoms with van der Waals surface area (Å²) in [6.07, 6.45) is 0.297. The molecule has 0 aromatic heterocycles. The summed E-state index contributed by atoms with van der Waals surface area (Å²) < 4.78 is 14.4. The first-order chi connectivity index (χ1) is 15.1. The Kier molecular flexibility index (Phi) is 6.74. The van der Waals surface area contributed by atoms with E-state index < -0.39 is 5.97 Å². The molecule has 1 heterocycles. The lowest BCUT2D eigenvalue weighted by Crippen LogP contribution is -2.24. The van der Waals surface area contributed by atoms with Gasteiger partial charge >= 0.3 is 5.97 Å². The number of nitrogens with two attached hydrogens (primary N) is 1. The van der Waals surface area contributed by atoms with Gasteiger partial charge in [-0.1, -0.05) is 30.3 Å². The highest BCUT2D eigenvalue weighted by molar-refractivity contribution is 7.99. The third kappa shape index (κ3) is 5.18. The summed E-state index contributed by atoms with van der Waals surface area (Å²) in [5.74, 6) is 4.96. The molecule has 0 spiro atoms. The Morgan fingerprint density at radius 1 is 1.13 bits per heavy atom. The van der Waals surface area contributed by atoms with Crippen LogP contribution in [0.25, 0.3) is 0 Å². The van der Waals surface area contributed by atoms with Crippen LogP contribution in [0.3, 0.4) is 0 Å². The molecule has 31 heavy (non-hydrogen) atoms. The molecule has 3 aromatic carbocycles. The number of nitrogens with zero attached hydrogens (tertiary/aromatic N) is 1. The van der Waals surface area contributed by atoms with Crippen molar-refractivity contribution in [2.24, 2.45) is 5.90 Å². The standard InChI is InChI=1S/C24H24FN3O2S/c25-21-15-19(9-7-18(21)8-11-24(29)30-26)27-16-17-6-10-23-22(14-17)28(12-13-31-23)20-4-2-1-3-5-20/h1-7,9-10,14-15,27H,8,11-13,16,26H2. The van der Waals surface area contributed by atoms with E-state index in [1.54, 1.807) is 6.07 Å². The van der Waals surface area contributed by atoms with Crippen LogP contribution < -0.4 is 16.1 Å². The second kappa shape index (κ2) is 9.85. The smallest absolute Gasteiger partial charge is 0.324 e. The Hall–Kier alpha value is -3.03. The van der Waals surface area contributed by atoms with Crippen LogP contribution >= 0.6 is 11.8 Å². The number of thioether (sulfide) groups is 1. The van der Waals surface area contributed by atoms with Crippen molar-refractivity contribution in [3.05, 3.63) is 83.7 Å². The van der Waals surface area contributed by atoms with Crippen LogP contribution in [0.4, 0.5) is 21.5 Å². The van der Waals surface area contributed by atoms with E-state index in [4.69, 9.17) is 5.90 Å². The van der Waals surface area contributed by atoms with Crippen LogP contribution in [-0.2, 0) is 22.6 Å². The van der Waals surface area contributed by atoms with Gasteiger partial charge in [0.1, 0.15) is 5.82 Å². The Labute approximate surface area is 185 Å². The summed E-state index contributed by atoms with van der Waals surface area (Å²) in [5.41, 5.74) is 4.66. The highest BCUT2D eigenvalue weighted by Gasteiger charge is 2.19. The Morgan fingerprint density at radius 2 is 1.97 bits per heavy atom. The van der Waals surface area contributed by atoms with Crippen molar-refractivity contribution in [1.82, 2.24) is 0 Å². The summed E-state index contributed by atoms with van der Waals surface area (Å²) in [7, 11) is 0. The van der Waals surface area contributed by atoms with Gasteiger partial charge in [-0.05, 0) is 53.9 Å². The van der Waals surface area contributed by atoms with Crippen molar-refractivity contribution in [3.8, 4) is 0 Å². The van der Waals surface area contributed by atoms with Crippen LogP contribution in [0.1, 0.15) is 17.5 Å². The Morgan fingerprint density at radius 3 is 2.74 bits per heavy atom. The molecule has 0 saturated carbocycles. The number of anilines is 3. The van der Waals surface area contributed by atoms with Gasteiger partial charge in [-0.25, -0.2) is 4.39 Å². The van der Waals surface area contributed by atoms with Gasteiger partial charge < -0.3 is 15.1 Å². The minimum absolute atomic E-state index is 0.0469. The molecule has 0 aliphatic carbocycles. The molecule has 0 radical (unpaired) electrons. The van der Waals surface area contributed by atoms with Crippen LogP contribution in [0.2, 0.25) is 0 Å². The molecule has 0 atom stereocenters. The van der Waals surface area contributed by atoms with Crippen molar-refractivity contribution in [1.29, 1.82) is 0 Å². The fourth-order valence-electron chi connectivity index (χ4n) is 3.61. The summed E-state index contributed by atoms with van der Waals surface area (Å²) in [6, 6.07) is 21.8. The molecule has 3 aromatic rings. The monoisotopic (exact) mass is 437 g/mol. The number of benzene rings is 3. The molecule has 1 aliphatic heterocycles. The van der Waals surface area contributed by atoms with Gasteiger partial charge in [-0.15, -0.1) is 11.8 Å². The molecule has 0 unspecified atom stereocenters. The number of nitrogens with one attached hydrogen (secondary N) is 1. The minimum Gasteiger partial charge on any atom is -0.381 e. The maximum absolute atomic E-state index is 14.4. The molecule has 0 bridgehead atoms. The number of aryl methyl sites for hydroxylation is 1. The predicted octanol–water partition coefficient (Wildman–Crippen LogP) is 5.03. The zero-order valence-corrected chi connectivity index (χ0v) is 17.8. The fourth-order valence-corrected chi connectivity index (χ4v) is 4.58. The molecule has 5 nitrogen and oxygen atoms in total. The average Bonchev–Trinajstić information content (AvgIpc) is 2.82. The van der Waals surface area contributed by atoms with Gasteiger partial charge in [0.2, 0.25) is 0 Å². The summed E-state index contributed by atoms with van der Waals surface area (Å²) in [5, 5.41) is 3.29. The van der Waals surface area contributed by atoms with Gasteiger partial charge in [0.05, 0.1) is 12.1 Å². The van der Waals surface area contributed by atoms with E-state index in [0.29, 0.717) is 17.8 Å². The lowest BCUT2D eigenvalue weighted by atomic mass is 10.1. The van der Waals surface area contributed by atoms with E-state index in [0.717, 1.165) is 17.9 Å². The number of para-hydroxylation sites is 1. The molecule has 0 saturated heterocycles. The number of halogens is 1. The molecule has 0 amide bonds. The number of carbonyl (C=O) groups is 1. The molecule has 3 N–H and O–H groups in total. The lowest BCUT2D eigenvalue weighted by Gasteiger charge is -2.31. The third-order valence-electron chi connectivity index (χ3n) is 5.23. The third-order valence-corrected chi connectivity index (χ3v) is 6.28. The van der Waals surface area contributed by atoms with E-state index in [-0.39, 0.29) is 18.7 Å². The van der Waals surface area contributed by atoms with E-state index in [1.807, 2.05) is 23.9 Å². The second-order valence-electron chi connectivity index (χ2n) is 7.29. The van der Waals surface area contributed by atoms with Gasteiger partial charge in [0.25, 0.3) is 0 Å². The maximum Gasteiger partial charge on any atom is 0.324 e. The number of fused-ring (bicyclic) bond motifs is 1. The SMILES string of the molecule is NOC(=O)CCc1ccc(NCc2ccc3c(c2)N(c2ccccc2)CCS3)cc1F. The number of hydrogen-bond donors (Lipinski definition) is 2. The van der Waals surface area contributed by atoms with Crippen LogP contribution in [0.5, 0.6) is 0 Å². The van der Waals surface area contributed by atoms with E-state index in [9.17, 15) is 9.18 Å². The number of carbonyl (C=O) groups excluding carboxylic acids is 1. The van der Waals surface area contributed by atoms with E-state index >= 15 is 0 Å². The van der Waals surface area contributed by atoms with Crippen molar-refractivity contribution < 1.29 is 14.0 Å². The molecule has 1 aliphatic rings. The molecular weight excluding hydrogens is 413 g/mol. The molecule has 0 fully saturated rings. The van der Waals surface area contributed by atoms with Crippen LogP contribution in [0.15, 0.2) is 71.6 Å². The predicted molar refractivity (Wildman–Crippen MR) is 123 cm³/mol. The maximum atomic E-state index is 14.4. The summed E-state index contributed by atoms with van der Waals surface area (Å²) >= 11 is 1.87. The molecule has 7 heteroatoms. The number of hydrogen-bond acceptors (Lipinski definition) is 6. The molecule has 4 rings (SSSR count). The topological polar surface area (TPSA) is 67.6 Å². The highest BCUT2D eigenvalue weighted by Crippen LogP contribution is 2.39. The normalized spacial score (nSPS) is 12.9. The number of rotatable bonds is 7. The second-order valence-corrected chi connectivity index (χ2v) is 8.42. The van der Waals surface area contributed by atoms with Gasteiger partial charge in [-0.3, -0.25) is 4.79 Å². The van der Waals surface area contributed by atoms with Crippen molar-refractivity contribution >= 4 is 34.8 Å². The quantitative estimate of drug-likeness (QED) is 0.505. The van der Waals surface area contributed by atoms with Gasteiger partial charge in [-0.2, -0.15) is 5.90 Å². The molecule has 160 valence electrons. The first kappa shape index (κ1) is 21.2. The average molecular weight is 438 g/mol. The zero-order valence-electron chi connectivity index (χ0n) is 17.0. The van der Waals surface area contributed by atoms with E-state index in [1.165, 1.54) is 22.3 Å². The van der Waals surface area contributed by atoms with Crippen LogP contribution in [0, 0.1) is 5.82 Å². The largest absolute Gasteiger partial charge is 0.381 e. The Balaban J connectivity index is 1.45. The zero-order chi connectivity index (χ0) is 21.6. The molecular formula is C24H24FN3O2S. The Bertz CT molecular complexity index is 1060. The minimum atomic E-state index is -0.559. The summed E-state index contributed by atoms with van der Waals surface area (Å²) in [4.78, 5) is 18.9. The fraction of sp³-hybridized carbons (Fsp3) is 0.208. The lowest BCUT2D eigenvalue weighted by molar-refractivity contribution is -0.144. The van der Waals surface area contributed by atoms with Crippen LogP contribution in [-0.4, -0.2) is 18.3 Å². The summed E-state index contributed by atoms with van der Waals surface area (Å²) in [6.45, 7) is 1.54. The van der Waals surface area contributed by atoms with Gasteiger partial charge in [0.15, 0.2) is 0 Å². The van der Waals surface area contributed by atoms with Crippen molar-refractivity contribution in [2.45, 2.75) is 24.3 Å². The first-order valence-electron chi connectivity index (χ1n) is 10.1. The van der Waals surface area contributed by atoms with Crippen molar-refractivity contribution in [3.63, 3.8) is 0 Å².